The summed E-state index contributed by atoms with van der Waals surface area (Å²) in [6, 6.07) is 32.8. The maximum absolute atomic E-state index is 14.1. The third-order valence-electron chi connectivity index (χ3n) is 7.00. The molecule has 0 saturated heterocycles. The maximum atomic E-state index is 14.1. The first-order valence-corrected chi connectivity index (χ1v) is 16.7. The Morgan fingerprint density at radius 3 is 1.86 bits per heavy atom. The Morgan fingerprint density at radius 1 is 0.795 bits per heavy atom. The van der Waals surface area contributed by atoms with Crippen molar-refractivity contribution in [2.75, 3.05) is 26.5 Å². The Morgan fingerprint density at radius 2 is 1.34 bits per heavy atom. The van der Waals surface area contributed by atoms with Crippen LogP contribution in [0.25, 0.3) is 0 Å². The van der Waals surface area contributed by atoms with E-state index in [4.69, 9.17) is 9.47 Å². The van der Waals surface area contributed by atoms with Crippen LogP contribution >= 0.6 is 11.8 Å². The molecule has 1 atom stereocenters. The predicted molar refractivity (Wildman–Crippen MR) is 173 cm³/mol. The summed E-state index contributed by atoms with van der Waals surface area (Å²) in [6.07, 6.45) is 0.146. The zero-order valence-corrected chi connectivity index (χ0v) is 26.3. The van der Waals surface area contributed by atoms with Crippen LogP contribution in [0.3, 0.4) is 0 Å². The van der Waals surface area contributed by atoms with Gasteiger partial charge in [-0.1, -0.05) is 91.0 Å². The summed E-state index contributed by atoms with van der Waals surface area (Å²) in [6.45, 7) is -0.590. The number of rotatable bonds is 15. The molecule has 8 nitrogen and oxygen atoms in total. The number of sulfonamides is 1. The molecule has 0 aromatic heterocycles. The number of hydrogen-bond donors (Lipinski definition) is 1. The largest absolute Gasteiger partial charge is 0.497 e. The lowest BCUT2D eigenvalue weighted by molar-refractivity contribution is -0.145. The average Bonchev–Trinajstić information content (AvgIpc) is 3.07. The van der Waals surface area contributed by atoms with E-state index in [-0.39, 0.29) is 11.3 Å². The normalized spacial score (nSPS) is 12.1. The molecule has 44 heavy (non-hydrogen) atoms. The molecule has 0 bridgehead atoms. The van der Waals surface area contributed by atoms with Gasteiger partial charge in [0.2, 0.25) is 15.9 Å². The molecule has 4 rings (SSSR count). The van der Waals surface area contributed by atoms with Gasteiger partial charge in [-0.15, -0.1) is 0 Å². The van der Waals surface area contributed by atoms with Gasteiger partial charge in [0.05, 0.1) is 31.7 Å². The highest BCUT2D eigenvalue weighted by molar-refractivity contribution is 7.98. The van der Waals surface area contributed by atoms with Gasteiger partial charge in [-0.3, -0.25) is 9.59 Å². The number of hydrogen-bond acceptors (Lipinski definition) is 7. The number of thioether (sulfide) groups is 1. The fraction of sp³-hybridized carbons (Fsp3) is 0.235. The maximum Gasteiger partial charge on any atom is 0.324 e. The molecular formula is C34H36N2O6S2. The average molecular weight is 633 g/mol. The van der Waals surface area contributed by atoms with Crippen LogP contribution in [0.4, 0.5) is 0 Å². The van der Waals surface area contributed by atoms with Gasteiger partial charge in [0, 0.05) is 5.75 Å². The quantitative estimate of drug-likeness (QED) is 0.137. The Kier molecular flexibility index (Phi) is 12.0. The van der Waals surface area contributed by atoms with E-state index in [0.717, 1.165) is 21.0 Å². The molecule has 0 heterocycles. The summed E-state index contributed by atoms with van der Waals surface area (Å²) < 4.78 is 39.4. The summed E-state index contributed by atoms with van der Waals surface area (Å²) in [7, 11) is -1.63. The molecule has 0 spiro atoms. The van der Waals surface area contributed by atoms with Crippen LogP contribution in [0.1, 0.15) is 29.2 Å². The van der Waals surface area contributed by atoms with Gasteiger partial charge in [-0.2, -0.15) is 16.1 Å². The first kappa shape index (κ1) is 32.8. The van der Waals surface area contributed by atoms with Gasteiger partial charge >= 0.3 is 5.97 Å². The first-order valence-electron chi connectivity index (χ1n) is 14.1. The van der Waals surface area contributed by atoms with Gasteiger partial charge in [0.25, 0.3) is 0 Å². The van der Waals surface area contributed by atoms with Crippen LogP contribution in [0.2, 0.25) is 0 Å². The number of benzene rings is 4. The minimum Gasteiger partial charge on any atom is -0.497 e. The van der Waals surface area contributed by atoms with Gasteiger partial charge in [-0.05, 0) is 53.1 Å². The Bertz CT molecular complexity index is 1550. The molecule has 0 fully saturated rings. The van der Waals surface area contributed by atoms with Crippen LogP contribution < -0.4 is 10.1 Å². The van der Waals surface area contributed by atoms with Crippen LogP contribution in [-0.2, 0) is 30.1 Å². The summed E-state index contributed by atoms with van der Waals surface area (Å²) in [4.78, 5) is 26.8. The molecule has 0 aliphatic heterocycles. The Hall–Kier alpha value is -4.12. The van der Waals surface area contributed by atoms with Crippen molar-refractivity contribution in [3.05, 3.63) is 132 Å². The third kappa shape index (κ3) is 8.72. The molecular weight excluding hydrogens is 597 g/mol. The smallest absolute Gasteiger partial charge is 0.324 e. The Balaban J connectivity index is 1.63. The van der Waals surface area contributed by atoms with Crippen LogP contribution in [0, 0.1) is 0 Å². The molecule has 0 saturated carbocycles. The van der Waals surface area contributed by atoms with Crippen molar-refractivity contribution < 1.29 is 27.5 Å². The summed E-state index contributed by atoms with van der Waals surface area (Å²) in [5.74, 6) is 0.324. The fourth-order valence-corrected chi connectivity index (χ4v) is 7.25. The Labute approximate surface area is 263 Å². The van der Waals surface area contributed by atoms with E-state index in [2.05, 4.69) is 5.32 Å². The number of methoxy groups -OCH3 is 2. The van der Waals surface area contributed by atoms with E-state index in [1.54, 1.807) is 11.8 Å². The lowest BCUT2D eigenvalue weighted by Gasteiger charge is -2.29. The van der Waals surface area contributed by atoms with E-state index >= 15 is 0 Å². The molecule has 4 aromatic carbocycles. The van der Waals surface area contributed by atoms with Gasteiger partial charge < -0.3 is 14.8 Å². The first-order chi connectivity index (χ1) is 21.3. The van der Waals surface area contributed by atoms with E-state index in [9.17, 15) is 18.0 Å². The molecule has 0 unspecified atom stereocenters. The van der Waals surface area contributed by atoms with Crippen molar-refractivity contribution in [2.45, 2.75) is 29.2 Å². The van der Waals surface area contributed by atoms with E-state index in [1.165, 1.54) is 38.5 Å². The highest BCUT2D eigenvalue weighted by Gasteiger charge is 2.38. The second-order valence-corrected chi connectivity index (χ2v) is 12.9. The highest BCUT2D eigenvalue weighted by Crippen LogP contribution is 2.26. The summed E-state index contributed by atoms with van der Waals surface area (Å²) in [5.41, 5.74) is 2.78. The van der Waals surface area contributed by atoms with Crippen molar-refractivity contribution in [1.82, 2.24) is 9.62 Å². The molecule has 4 aromatic rings. The van der Waals surface area contributed by atoms with Crippen LogP contribution in [0.5, 0.6) is 5.75 Å². The van der Waals surface area contributed by atoms with Crippen molar-refractivity contribution >= 4 is 33.7 Å². The molecule has 10 heteroatoms. The SMILES string of the molecule is COC(=O)[C@H](CCSCc1ccccc1)N(CC(=O)NC(c1ccccc1)c1ccccc1)S(=O)(=O)c1ccc(OC)cc1. The number of nitrogens with one attached hydrogen (secondary N) is 1. The fourth-order valence-electron chi connectivity index (χ4n) is 4.72. The van der Waals surface area contributed by atoms with Crippen LogP contribution in [-0.4, -0.2) is 57.2 Å². The molecule has 0 aliphatic carbocycles. The summed E-state index contributed by atoms with van der Waals surface area (Å²) >= 11 is 1.57. The van der Waals surface area contributed by atoms with Gasteiger partial charge in [0.15, 0.2) is 0 Å². The topological polar surface area (TPSA) is 102 Å². The zero-order valence-electron chi connectivity index (χ0n) is 24.7. The third-order valence-corrected chi connectivity index (χ3v) is 9.94. The van der Waals surface area contributed by atoms with E-state index in [0.29, 0.717) is 17.3 Å². The van der Waals surface area contributed by atoms with Crippen molar-refractivity contribution in [2.24, 2.45) is 0 Å². The number of nitrogens with zero attached hydrogens (tertiary/aromatic N) is 1. The number of carbonyl (C=O) groups is 2. The molecule has 1 amide bonds. The zero-order chi connectivity index (χ0) is 31.4. The second kappa shape index (κ2) is 16.1. The minimum atomic E-state index is -4.32. The second-order valence-electron chi connectivity index (χ2n) is 9.91. The molecule has 0 radical (unpaired) electrons. The van der Waals surface area contributed by atoms with Crippen molar-refractivity contribution in [3.8, 4) is 5.75 Å². The van der Waals surface area contributed by atoms with Crippen molar-refractivity contribution in [1.29, 1.82) is 0 Å². The number of ether oxygens (including phenoxy) is 2. The van der Waals surface area contributed by atoms with Crippen molar-refractivity contribution in [3.63, 3.8) is 0 Å². The van der Waals surface area contributed by atoms with Gasteiger partial charge in [0.1, 0.15) is 11.8 Å². The number of carbonyl (C=O) groups excluding carboxylic acids is 2. The number of esters is 1. The lowest BCUT2D eigenvalue weighted by atomic mass is 9.99. The van der Waals surface area contributed by atoms with E-state index in [1.807, 2.05) is 91.0 Å². The number of amides is 1. The highest BCUT2D eigenvalue weighted by atomic mass is 32.2. The molecule has 0 aliphatic rings. The van der Waals surface area contributed by atoms with E-state index < -0.39 is 40.5 Å². The van der Waals surface area contributed by atoms with Crippen LogP contribution in [0.15, 0.2) is 120 Å². The minimum absolute atomic E-state index is 0.0698. The van der Waals surface area contributed by atoms with Gasteiger partial charge in [-0.25, -0.2) is 8.42 Å². The standard InChI is InChI=1S/C34H36N2O6S2/c1-41-29-18-20-30(21-19-29)44(39,40)36(31(34(38)42-2)22-23-43-25-26-12-6-3-7-13-26)24-32(37)35-33(27-14-8-4-9-15-27)28-16-10-5-11-17-28/h3-21,31,33H,22-25H2,1-2H3,(H,35,37)/t31-/m0/s1. The lowest BCUT2D eigenvalue weighted by Crippen LogP contribution is -2.50. The summed E-state index contributed by atoms with van der Waals surface area (Å²) in [5, 5.41) is 3.00. The monoisotopic (exact) mass is 632 g/mol. The molecule has 230 valence electrons. The predicted octanol–water partition coefficient (Wildman–Crippen LogP) is 5.46. The molecule has 1 N–H and O–H groups in total.